The van der Waals surface area contributed by atoms with Crippen LogP contribution in [0, 0.1) is 0 Å². The number of aromatic nitrogens is 1. The summed E-state index contributed by atoms with van der Waals surface area (Å²) in [7, 11) is 0. The van der Waals surface area contributed by atoms with Gasteiger partial charge in [-0.1, -0.05) is 0 Å². The van der Waals surface area contributed by atoms with E-state index in [0.717, 1.165) is 4.73 Å². The molecule has 0 aliphatic heterocycles. The highest BCUT2D eigenvalue weighted by atomic mass is 16.6. The first-order valence-electron chi connectivity index (χ1n) is 4.99. The molecule has 86 valence electrons. The van der Waals surface area contributed by atoms with Gasteiger partial charge in [-0.2, -0.15) is 0 Å². The van der Waals surface area contributed by atoms with Gasteiger partial charge < -0.3 is 4.74 Å². The van der Waals surface area contributed by atoms with Gasteiger partial charge in [-0.3, -0.25) is 5.21 Å². The van der Waals surface area contributed by atoms with Crippen molar-refractivity contribution in [3.63, 3.8) is 0 Å². The van der Waals surface area contributed by atoms with Gasteiger partial charge in [0.1, 0.15) is 5.60 Å². The van der Waals surface area contributed by atoms with Crippen molar-refractivity contribution in [3.8, 4) is 0 Å². The van der Waals surface area contributed by atoms with Gasteiger partial charge in [-0.25, -0.2) is 4.79 Å². The Bertz CT molecular complexity index is 405. The first-order chi connectivity index (χ1) is 7.38. The van der Waals surface area contributed by atoms with Crippen LogP contribution in [0.2, 0.25) is 0 Å². The van der Waals surface area contributed by atoms with E-state index in [9.17, 15) is 10.0 Å². The third kappa shape index (κ3) is 4.13. The highest BCUT2D eigenvalue weighted by molar-refractivity contribution is 5.86. The molecule has 0 amide bonds. The molecule has 0 saturated carbocycles. The zero-order chi connectivity index (χ0) is 12.2. The molecule has 1 N–H and O–H groups in total. The van der Waals surface area contributed by atoms with Crippen molar-refractivity contribution in [1.29, 1.82) is 0 Å². The fraction of sp³-hybridized carbons (Fsp3) is 0.333. The minimum atomic E-state index is -0.507. The number of pyridine rings is 1. The summed E-state index contributed by atoms with van der Waals surface area (Å²) in [6, 6.07) is 5.13. The lowest BCUT2D eigenvalue weighted by Gasteiger charge is -2.17. The molecule has 1 aromatic rings. The third-order valence-corrected chi connectivity index (χ3v) is 1.67. The number of esters is 1. The Kier molecular flexibility index (Phi) is 3.66. The summed E-state index contributed by atoms with van der Waals surface area (Å²) in [4.78, 5) is 11.3. The van der Waals surface area contributed by atoms with Gasteiger partial charge in [0.2, 0.25) is 6.20 Å². The molecule has 0 atom stereocenters. The van der Waals surface area contributed by atoms with Crippen LogP contribution in [-0.4, -0.2) is 16.8 Å². The van der Waals surface area contributed by atoms with Crippen LogP contribution < -0.4 is 4.73 Å². The average Bonchev–Trinajstić information content (AvgIpc) is 2.14. The Hall–Kier alpha value is -1.84. The summed E-state index contributed by atoms with van der Waals surface area (Å²) < 4.78 is 6.01. The van der Waals surface area contributed by atoms with Crippen molar-refractivity contribution in [2.75, 3.05) is 0 Å². The van der Waals surface area contributed by atoms with E-state index >= 15 is 0 Å². The summed E-state index contributed by atoms with van der Waals surface area (Å²) in [6.07, 6.45) is 4.26. The number of rotatable bonds is 2. The molecule has 0 aliphatic rings. The zero-order valence-corrected chi connectivity index (χ0v) is 9.68. The third-order valence-electron chi connectivity index (χ3n) is 1.67. The van der Waals surface area contributed by atoms with Gasteiger partial charge in [-0.05, 0) is 26.8 Å². The van der Waals surface area contributed by atoms with Crippen LogP contribution in [0.4, 0.5) is 0 Å². The van der Waals surface area contributed by atoms with E-state index in [0.29, 0.717) is 5.69 Å². The van der Waals surface area contributed by atoms with Crippen molar-refractivity contribution in [2.24, 2.45) is 0 Å². The molecule has 4 heteroatoms. The maximum Gasteiger partial charge on any atom is 0.331 e. The van der Waals surface area contributed by atoms with Crippen LogP contribution in [0.5, 0.6) is 0 Å². The topological polar surface area (TPSA) is 50.4 Å². The first kappa shape index (κ1) is 12.2. The molecule has 0 saturated heterocycles. The Morgan fingerprint density at radius 2 is 2.12 bits per heavy atom. The standard InChI is InChI=1S/C12H16NO3/c1-12(2,3)16-11(14)8-7-10-6-4-5-9-13(10)15/h4-9,15H,1-3H3/q+1/b8-7+. The number of carbonyl (C=O) groups excluding carboxylic acids is 1. The Balaban J connectivity index is 2.68. The second-order valence-electron chi connectivity index (χ2n) is 4.34. The molecule has 0 aliphatic carbocycles. The van der Waals surface area contributed by atoms with Crippen molar-refractivity contribution < 1.29 is 19.5 Å². The van der Waals surface area contributed by atoms with E-state index in [1.807, 2.05) is 0 Å². The summed E-state index contributed by atoms with van der Waals surface area (Å²) >= 11 is 0. The van der Waals surface area contributed by atoms with Crippen LogP contribution in [0.15, 0.2) is 30.5 Å². The van der Waals surface area contributed by atoms with Gasteiger partial charge in [0.15, 0.2) is 0 Å². The van der Waals surface area contributed by atoms with Gasteiger partial charge >= 0.3 is 5.97 Å². The molecule has 1 rings (SSSR count). The van der Waals surface area contributed by atoms with E-state index in [2.05, 4.69) is 0 Å². The fourth-order valence-electron chi connectivity index (χ4n) is 1.07. The molecule has 0 fully saturated rings. The SMILES string of the molecule is CC(C)(C)OC(=O)/C=C/c1cccc[n+]1O. The lowest BCUT2D eigenvalue weighted by Crippen LogP contribution is -2.32. The summed E-state index contributed by atoms with van der Waals surface area (Å²) in [5.41, 5.74) is 0.00109. The van der Waals surface area contributed by atoms with Crippen LogP contribution >= 0.6 is 0 Å². The monoisotopic (exact) mass is 222 g/mol. The summed E-state index contributed by atoms with van der Waals surface area (Å²) in [6.45, 7) is 5.40. The highest BCUT2D eigenvalue weighted by Gasteiger charge is 2.14. The smallest absolute Gasteiger partial charge is 0.331 e. The number of ether oxygens (including phenoxy) is 1. The molecular formula is C12H16NO3+. The zero-order valence-electron chi connectivity index (χ0n) is 9.68. The predicted molar refractivity (Wildman–Crippen MR) is 58.7 cm³/mol. The molecule has 1 heterocycles. The maximum atomic E-state index is 11.3. The number of nitrogens with zero attached hydrogens (tertiary/aromatic N) is 1. The summed E-state index contributed by atoms with van der Waals surface area (Å²) in [5, 5.41) is 9.37. The highest BCUT2D eigenvalue weighted by Crippen LogP contribution is 2.07. The minimum Gasteiger partial charge on any atom is -0.457 e. The Morgan fingerprint density at radius 1 is 1.44 bits per heavy atom. The van der Waals surface area contributed by atoms with E-state index < -0.39 is 11.6 Å². The van der Waals surface area contributed by atoms with Gasteiger partial charge in [0, 0.05) is 29.0 Å². The fourth-order valence-corrected chi connectivity index (χ4v) is 1.07. The number of hydrogen-bond acceptors (Lipinski definition) is 3. The molecular weight excluding hydrogens is 206 g/mol. The van der Waals surface area contributed by atoms with Crippen LogP contribution in [-0.2, 0) is 9.53 Å². The van der Waals surface area contributed by atoms with Crippen LogP contribution in [0.3, 0.4) is 0 Å². The Labute approximate surface area is 94.7 Å². The molecule has 0 aromatic carbocycles. The van der Waals surface area contributed by atoms with E-state index in [1.54, 1.807) is 39.0 Å². The van der Waals surface area contributed by atoms with E-state index in [1.165, 1.54) is 18.3 Å². The van der Waals surface area contributed by atoms with Crippen molar-refractivity contribution >= 4 is 12.0 Å². The van der Waals surface area contributed by atoms with Crippen LogP contribution in [0.25, 0.3) is 6.08 Å². The molecule has 16 heavy (non-hydrogen) atoms. The first-order valence-corrected chi connectivity index (χ1v) is 4.99. The van der Waals surface area contributed by atoms with E-state index in [4.69, 9.17) is 4.74 Å². The lowest BCUT2D eigenvalue weighted by atomic mass is 10.2. The van der Waals surface area contributed by atoms with Gasteiger partial charge in [-0.15, -0.1) is 0 Å². The molecule has 1 aromatic heterocycles. The minimum absolute atomic E-state index is 0.434. The second kappa shape index (κ2) is 4.79. The van der Waals surface area contributed by atoms with Crippen molar-refractivity contribution in [1.82, 2.24) is 0 Å². The summed E-state index contributed by atoms with van der Waals surface area (Å²) in [5.74, 6) is -0.434. The quantitative estimate of drug-likeness (QED) is 0.357. The van der Waals surface area contributed by atoms with E-state index in [-0.39, 0.29) is 0 Å². The lowest BCUT2D eigenvalue weighted by molar-refractivity contribution is -0.905. The Morgan fingerprint density at radius 3 is 2.69 bits per heavy atom. The number of carbonyl (C=O) groups is 1. The molecule has 0 radical (unpaired) electrons. The molecule has 0 bridgehead atoms. The molecule has 0 spiro atoms. The van der Waals surface area contributed by atoms with Crippen LogP contribution in [0.1, 0.15) is 26.5 Å². The normalized spacial score (nSPS) is 11.7. The maximum absolute atomic E-state index is 11.3. The largest absolute Gasteiger partial charge is 0.457 e. The number of hydrogen-bond donors (Lipinski definition) is 1. The van der Waals surface area contributed by atoms with Crippen molar-refractivity contribution in [2.45, 2.75) is 26.4 Å². The molecule has 4 nitrogen and oxygen atoms in total. The second-order valence-corrected chi connectivity index (χ2v) is 4.34. The molecule has 0 unspecified atom stereocenters. The van der Waals surface area contributed by atoms with Gasteiger partial charge in [0.25, 0.3) is 5.69 Å². The van der Waals surface area contributed by atoms with Gasteiger partial charge in [0.05, 0.1) is 0 Å². The predicted octanol–water partition coefficient (Wildman–Crippen LogP) is 1.57. The van der Waals surface area contributed by atoms with Crippen molar-refractivity contribution in [3.05, 3.63) is 36.2 Å². The average molecular weight is 222 g/mol.